The number of aliphatic hydroxyl groups is 5. The van der Waals surface area contributed by atoms with E-state index in [1.807, 2.05) is 24.3 Å². The van der Waals surface area contributed by atoms with Crippen LogP contribution in [0.5, 0.6) is 5.75 Å². The quantitative estimate of drug-likeness (QED) is 0.0669. The highest BCUT2D eigenvalue weighted by Crippen LogP contribution is 2.40. The number of carboxylic acid groups (broad SMARTS) is 1. The molecule has 1 heterocycles. The number of benzene rings is 2. The van der Waals surface area contributed by atoms with E-state index in [-0.39, 0.29) is 56.0 Å². The number of aliphatic hydroxyl groups excluding tert-OH is 4. The SMILES string of the molecule is CCCCCC(O)C=CC1=C(CC(O)CO)C2NCC(C)(O)C(c3ccc(O)cc3CCO)C#CC(CC2CCCCCC(=O)O)c2ccccc2CC1. The predicted octanol–water partition coefficient (Wildman–Crippen LogP) is 6.05. The lowest BCUT2D eigenvalue weighted by molar-refractivity contribution is -0.137. The fourth-order valence-electron chi connectivity index (χ4n) is 8.23. The van der Waals surface area contributed by atoms with Gasteiger partial charge >= 0.3 is 5.97 Å². The largest absolute Gasteiger partial charge is 0.508 e. The number of aromatic hydroxyl groups is 1. The average Bonchev–Trinajstić information content (AvgIpc) is 3.14. The maximum absolute atomic E-state index is 12.4. The molecule has 0 fully saturated rings. The zero-order valence-electron chi connectivity index (χ0n) is 32.2. The van der Waals surface area contributed by atoms with Crippen molar-refractivity contribution >= 4 is 5.97 Å². The maximum atomic E-state index is 12.4. The number of hydrogen-bond acceptors (Lipinski definition) is 8. The Morgan fingerprint density at radius 2 is 1.81 bits per heavy atom. The third-order valence-corrected chi connectivity index (χ3v) is 11.2. The molecule has 0 spiro atoms. The molecule has 9 nitrogen and oxygen atoms in total. The number of phenols is 1. The second-order valence-electron chi connectivity index (χ2n) is 15.5. The fourth-order valence-corrected chi connectivity index (χ4v) is 8.23. The van der Waals surface area contributed by atoms with Crippen LogP contribution in [-0.4, -0.2) is 85.3 Å². The molecular weight excluding hydrogens is 682 g/mol. The molecule has 2 aromatic carbocycles. The average molecular weight is 746 g/mol. The van der Waals surface area contributed by atoms with E-state index in [9.17, 15) is 40.5 Å². The third kappa shape index (κ3) is 12.5. The smallest absolute Gasteiger partial charge is 0.303 e. The van der Waals surface area contributed by atoms with Crippen molar-refractivity contribution in [1.29, 1.82) is 0 Å². The van der Waals surface area contributed by atoms with E-state index in [1.54, 1.807) is 25.1 Å². The van der Waals surface area contributed by atoms with Gasteiger partial charge in [0.05, 0.1) is 30.3 Å². The normalized spacial score (nSPS) is 24.4. The van der Waals surface area contributed by atoms with Crippen LogP contribution in [0.15, 0.2) is 65.8 Å². The van der Waals surface area contributed by atoms with Crippen molar-refractivity contribution in [2.24, 2.45) is 5.92 Å². The lowest BCUT2D eigenvalue weighted by atomic mass is 9.73. The summed E-state index contributed by atoms with van der Waals surface area (Å²) in [4.78, 5) is 11.3. The standard InChI is InChI=1S/C45H63NO8/c1-3-4-6-13-36(49)20-18-32-17-16-31-11-9-10-14-39(31)33-19-23-42(40-22-21-37(50)27-34(40)24-25-47)45(2,54)30-46-44(41(32)28-38(51)29-48)35(26-33)12-7-5-8-15-43(52)53/h9-11,14,18,20-22,27,33,35-36,38,42,44,46-51,54H,3-8,12-13,15-17,24-26,28-30H2,1-2H3,(H,52,53). The molecule has 2 bridgehead atoms. The van der Waals surface area contributed by atoms with Crippen LogP contribution in [0.25, 0.3) is 0 Å². The monoisotopic (exact) mass is 745 g/mol. The summed E-state index contributed by atoms with van der Waals surface area (Å²) in [6.07, 6.45) is 11.3. The van der Waals surface area contributed by atoms with Gasteiger partial charge in [0.25, 0.3) is 0 Å². The van der Waals surface area contributed by atoms with Gasteiger partial charge in [-0.2, -0.15) is 0 Å². The van der Waals surface area contributed by atoms with Gasteiger partial charge in [-0.3, -0.25) is 4.79 Å². The van der Waals surface area contributed by atoms with Crippen molar-refractivity contribution in [3.05, 3.63) is 88.0 Å². The first-order valence-electron chi connectivity index (χ1n) is 20.0. The number of hydrogen-bond donors (Lipinski definition) is 8. The van der Waals surface area contributed by atoms with Crippen molar-refractivity contribution in [1.82, 2.24) is 5.32 Å². The zero-order chi connectivity index (χ0) is 39.1. The first kappa shape index (κ1) is 43.2. The van der Waals surface area contributed by atoms with E-state index in [1.165, 1.54) is 0 Å². The first-order valence-corrected chi connectivity index (χ1v) is 20.0. The number of fused-ring (bicyclic) bond motifs is 5. The van der Waals surface area contributed by atoms with Gasteiger partial charge < -0.3 is 41.1 Å². The minimum Gasteiger partial charge on any atom is -0.508 e. The van der Waals surface area contributed by atoms with E-state index < -0.39 is 36.3 Å². The summed E-state index contributed by atoms with van der Waals surface area (Å²) in [5.74, 6) is 5.46. The van der Waals surface area contributed by atoms with E-state index in [0.717, 1.165) is 66.4 Å². The number of carbonyl (C=O) groups is 1. The molecule has 7 unspecified atom stereocenters. The van der Waals surface area contributed by atoms with E-state index in [0.29, 0.717) is 37.7 Å². The van der Waals surface area contributed by atoms with Crippen LogP contribution in [0.4, 0.5) is 0 Å². The molecule has 0 saturated heterocycles. The number of carboxylic acids is 1. The van der Waals surface area contributed by atoms with Crippen LogP contribution >= 0.6 is 0 Å². The molecule has 9 heteroatoms. The highest BCUT2D eigenvalue weighted by atomic mass is 16.4. The molecule has 4 rings (SSSR count). The Morgan fingerprint density at radius 1 is 1.02 bits per heavy atom. The Hall–Kier alpha value is -3.49. The summed E-state index contributed by atoms with van der Waals surface area (Å²) < 4.78 is 0. The number of β-amino-alcohol motifs (C(OH)–C–C–N with tert-alkyl or cyclic N) is 1. The highest BCUT2D eigenvalue weighted by Gasteiger charge is 2.38. The summed E-state index contributed by atoms with van der Waals surface area (Å²) in [6, 6.07) is 13.0. The van der Waals surface area contributed by atoms with Gasteiger partial charge in [-0.15, -0.1) is 0 Å². The number of rotatable bonds is 18. The molecule has 8 N–H and O–H groups in total. The molecule has 7 atom stereocenters. The van der Waals surface area contributed by atoms with E-state index in [2.05, 4.69) is 36.2 Å². The van der Waals surface area contributed by atoms with Crippen LogP contribution in [-0.2, 0) is 17.6 Å². The molecule has 2 aromatic rings. The molecule has 0 saturated carbocycles. The fraction of sp³-hybridized carbons (Fsp3) is 0.578. The summed E-state index contributed by atoms with van der Waals surface area (Å²) in [7, 11) is 0. The summed E-state index contributed by atoms with van der Waals surface area (Å²) in [5.41, 5.74) is 4.18. The van der Waals surface area contributed by atoms with Crippen LogP contribution in [0.1, 0.15) is 125 Å². The van der Waals surface area contributed by atoms with Crippen molar-refractivity contribution in [3.8, 4) is 17.6 Å². The van der Waals surface area contributed by atoms with Gasteiger partial charge in [0.15, 0.2) is 0 Å². The minimum atomic E-state index is -1.42. The van der Waals surface area contributed by atoms with Crippen LogP contribution in [0.2, 0.25) is 0 Å². The molecule has 0 radical (unpaired) electrons. The van der Waals surface area contributed by atoms with E-state index >= 15 is 0 Å². The van der Waals surface area contributed by atoms with Crippen molar-refractivity contribution in [2.45, 2.75) is 139 Å². The van der Waals surface area contributed by atoms with E-state index in [4.69, 9.17) is 0 Å². The number of allylic oxidation sites excluding steroid dienone is 2. The Morgan fingerprint density at radius 3 is 2.56 bits per heavy atom. The van der Waals surface area contributed by atoms with Gasteiger partial charge in [-0.05, 0) is 110 Å². The first-order chi connectivity index (χ1) is 26.0. The summed E-state index contributed by atoms with van der Waals surface area (Å²) >= 11 is 0. The number of aliphatic carboxylic acids is 1. The molecular formula is C45H63NO8. The molecule has 2 aliphatic rings. The second-order valence-corrected chi connectivity index (χ2v) is 15.5. The minimum absolute atomic E-state index is 0.0370. The van der Waals surface area contributed by atoms with Crippen molar-refractivity contribution < 1.29 is 40.5 Å². The van der Waals surface area contributed by atoms with Crippen LogP contribution in [0.3, 0.4) is 0 Å². The summed E-state index contributed by atoms with van der Waals surface area (Å²) in [6.45, 7) is 3.46. The number of unbranched alkanes of at least 4 members (excludes halogenated alkanes) is 4. The van der Waals surface area contributed by atoms with Gasteiger partial charge in [0, 0.05) is 31.5 Å². The number of phenolic OH excluding ortho intramolecular Hbond substituents is 1. The third-order valence-electron chi connectivity index (χ3n) is 11.2. The van der Waals surface area contributed by atoms with Crippen molar-refractivity contribution in [3.63, 3.8) is 0 Å². The predicted molar refractivity (Wildman–Crippen MR) is 212 cm³/mol. The lowest BCUT2D eigenvalue weighted by Crippen LogP contribution is -2.50. The Kier molecular flexibility index (Phi) is 17.3. The van der Waals surface area contributed by atoms with Gasteiger partial charge in [-0.25, -0.2) is 0 Å². The van der Waals surface area contributed by atoms with Gasteiger partial charge in [-0.1, -0.05) is 93.4 Å². The second kappa shape index (κ2) is 21.6. The van der Waals surface area contributed by atoms with Crippen LogP contribution in [0, 0.1) is 17.8 Å². The Bertz CT molecular complexity index is 1620. The van der Waals surface area contributed by atoms with Crippen LogP contribution < -0.4 is 5.32 Å². The Labute approximate surface area is 321 Å². The Balaban J connectivity index is 1.94. The summed E-state index contributed by atoms with van der Waals surface area (Å²) in [5, 5.41) is 78.0. The molecule has 0 amide bonds. The highest BCUT2D eigenvalue weighted by molar-refractivity contribution is 5.66. The molecule has 0 aromatic heterocycles. The maximum Gasteiger partial charge on any atom is 0.303 e. The van der Waals surface area contributed by atoms with Gasteiger partial charge in [0.2, 0.25) is 0 Å². The molecule has 1 aliphatic carbocycles. The zero-order valence-corrected chi connectivity index (χ0v) is 32.2. The number of nitrogens with one attached hydrogen (secondary N) is 1. The molecule has 296 valence electrons. The van der Waals surface area contributed by atoms with Crippen molar-refractivity contribution in [2.75, 3.05) is 19.8 Å². The molecule has 54 heavy (non-hydrogen) atoms. The van der Waals surface area contributed by atoms with Gasteiger partial charge in [0.1, 0.15) is 5.75 Å². The number of aryl methyl sites for hydroxylation is 1. The lowest BCUT2D eigenvalue weighted by Gasteiger charge is -2.40. The topological polar surface area (TPSA) is 171 Å². The molecule has 1 aliphatic heterocycles.